The van der Waals surface area contributed by atoms with Gasteiger partial charge in [0.25, 0.3) is 0 Å². The van der Waals surface area contributed by atoms with Crippen LogP contribution in [0.25, 0.3) is 0 Å². The van der Waals surface area contributed by atoms with Crippen LogP contribution in [-0.2, 0) is 0 Å². The summed E-state index contributed by atoms with van der Waals surface area (Å²) in [4.78, 5) is 10.8. The van der Waals surface area contributed by atoms with Crippen LogP contribution in [0, 0.1) is 0 Å². The first-order valence-electron chi connectivity index (χ1n) is 3.96. The van der Waals surface area contributed by atoms with Gasteiger partial charge in [0.15, 0.2) is 11.5 Å². The highest BCUT2D eigenvalue weighted by molar-refractivity contribution is 6.33. The summed E-state index contributed by atoms with van der Waals surface area (Å²) in [6, 6.07) is 1.22. The Morgan fingerprint density at radius 2 is 1.93 bits per heavy atom. The molecule has 0 radical (unpaired) electrons. The minimum Gasteiger partial charge on any atom is -0.491 e. The summed E-state index contributed by atoms with van der Waals surface area (Å²) in [6.45, 7) is 0. The van der Waals surface area contributed by atoms with Crippen molar-refractivity contribution < 1.29 is 19.4 Å². The van der Waals surface area contributed by atoms with Gasteiger partial charge >= 0.3 is 5.97 Å². The summed E-state index contributed by atoms with van der Waals surface area (Å²) in [5.41, 5.74) is 5.47. The molecule has 3 N–H and O–H groups in total. The van der Waals surface area contributed by atoms with E-state index in [1.807, 2.05) is 0 Å². The first-order valence-corrected chi connectivity index (χ1v) is 4.34. The third kappa shape index (κ3) is 1.92. The molecule has 1 rings (SSSR count). The highest BCUT2D eigenvalue weighted by Crippen LogP contribution is 2.41. The molecular weight excluding hydrogens is 222 g/mol. The molecule has 6 heteroatoms. The minimum atomic E-state index is -1.17. The van der Waals surface area contributed by atoms with Crippen LogP contribution in [0.3, 0.4) is 0 Å². The van der Waals surface area contributed by atoms with Gasteiger partial charge in [-0.25, -0.2) is 4.79 Å². The lowest BCUT2D eigenvalue weighted by molar-refractivity contribution is 0.0697. The predicted molar refractivity (Wildman–Crippen MR) is 55.9 cm³/mol. The quantitative estimate of drug-likeness (QED) is 0.773. The highest BCUT2D eigenvalue weighted by Gasteiger charge is 2.20. The molecular formula is C9H10ClNO4. The van der Waals surface area contributed by atoms with E-state index in [0.29, 0.717) is 0 Å². The number of methoxy groups -OCH3 is 2. The third-order valence-electron chi connectivity index (χ3n) is 1.87. The Labute approximate surface area is 91.4 Å². The topological polar surface area (TPSA) is 81.8 Å². The van der Waals surface area contributed by atoms with E-state index in [1.54, 1.807) is 0 Å². The number of carboxylic acid groups (broad SMARTS) is 1. The molecule has 0 saturated heterocycles. The number of aromatic carboxylic acids is 1. The lowest BCUT2D eigenvalue weighted by Crippen LogP contribution is -2.06. The zero-order chi connectivity index (χ0) is 11.6. The van der Waals surface area contributed by atoms with E-state index in [-0.39, 0.29) is 27.8 Å². The fourth-order valence-electron chi connectivity index (χ4n) is 1.19. The molecule has 0 aliphatic rings. The molecule has 5 nitrogen and oxygen atoms in total. The van der Waals surface area contributed by atoms with Crippen molar-refractivity contribution in [1.82, 2.24) is 0 Å². The first kappa shape index (κ1) is 11.5. The summed E-state index contributed by atoms with van der Waals surface area (Å²) in [5, 5.41) is 8.98. The zero-order valence-electron chi connectivity index (χ0n) is 8.20. The Kier molecular flexibility index (Phi) is 3.26. The Hall–Kier alpha value is -1.62. The van der Waals surface area contributed by atoms with Crippen molar-refractivity contribution in [1.29, 1.82) is 0 Å². The fourth-order valence-corrected chi connectivity index (χ4v) is 1.46. The van der Waals surface area contributed by atoms with Gasteiger partial charge in [0.2, 0.25) is 0 Å². The molecule has 0 aliphatic heterocycles. The second kappa shape index (κ2) is 4.27. The maximum absolute atomic E-state index is 10.8. The van der Waals surface area contributed by atoms with E-state index < -0.39 is 5.97 Å². The molecule has 0 fully saturated rings. The van der Waals surface area contributed by atoms with Crippen LogP contribution in [0.1, 0.15) is 10.4 Å². The lowest BCUT2D eigenvalue weighted by atomic mass is 10.1. The van der Waals surface area contributed by atoms with Gasteiger partial charge in [0, 0.05) is 0 Å². The summed E-state index contributed by atoms with van der Waals surface area (Å²) in [6.07, 6.45) is 0. The third-order valence-corrected chi connectivity index (χ3v) is 2.15. The highest BCUT2D eigenvalue weighted by atomic mass is 35.5. The lowest BCUT2D eigenvalue weighted by Gasteiger charge is -2.13. The molecule has 0 unspecified atom stereocenters. The van der Waals surface area contributed by atoms with Crippen molar-refractivity contribution in [2.24, 2.45) is 0 Å². The Morgan fingerprint density at radius 1 is 1.40 bits per heavy atom. The molecule has 0 heterocycles. The maximum atomic E-state index is 10.8. The predicted octanol–water partition coefficient (Wildman–Crippen LogP) is 1.64. The number of hydrogen-bond donors (Lipinski definition) is 2. The smallest absolute Gasteiger partial charge is 0.337 e. The van der Waals surface area contributed by atoms with Crippen molar-refractivity contribution >= 4 is 23.3 Å². The average molecular weight is 232 g/mol. The van der Waals surface area contributed by atoms with Gasteiger partial charge < -0.3 is 20.3 Å². The number of benzene rings is 1. The maximum Gasteiger partial charge on any atom is 0.337 e. The zero-order valence-corrected chi connectivity index (χ0v) is 8.96. The van der Waals surface area contributed by atoms with Crippen molar-refractivity contribution in [2.75, 3.05) is 20.0 Å². The van der Waals surface area contributed by atoms with Crippen molar-refractivity contribution in [3.8, 4) is 11.5 Å². The monoisotopic (exact) mass is 231 g/mol. The van der Waals surface area contributed by atoms with E-state index in [4.69, 9.17) is 31.9 Å². The number of nitrogen functional groups attached to an aromatic ring is 1. The largest absolute Gasteiger partial charge is 0.491 e. The second-order valence-electron chi connectivity index (χ2n) is 2.69. The summed E-state index contributed by atoms with van der Waals surface area (Å²) in [5.74, 6) is -0.820. The van der Waals surface area contributed by atoms with Crippen molar-refractivity contribution in [2.45, 2.75) is 0 Å². The van der Waals surface area contributed by atoms with Crippen LogP contribution in [0.4, 0.5) is 5.69 Å². The van der Waals surface area contributed by atoms with Crippen LogP contribution in [0.5, 0.6) is 11.5 Å². The summed E-state index contributed by atoms with van der Waals surface area (Å²) >= 11 is 5.81. The van der Waals surface area contributed by atoms with Crippen LogP contribution in [0.15, 0.2) is 6.07 Å². The molecule has 0 amide bonds. The number of anilines is 1. The van der Waals surface area contributed by atoms with E-state index in [2.05, 4.69) is 0 Å². The molecule has 0 aromatic heterocycles. The van der Waals surface area contributed by atoms with Gasteiger partial charge in [-0.2, -0.15) is 0 Å². The minimum absolute atomic E-state index is 0.00810. The molecule has 82 valence electrons. The first-order chi connectivity index (χ1) is 7.02. The standard InChI is InChI=1S/C9H10ClNO4/c1-14-7-5(10)3-4(9(12)13)6(11)8(7)15-2/h3H,11H2,1-2H3,(H,12,13). The molecule has 0 bridgehead atoms. The molecule has 0 saturated carbocycles. The number of nitrogens with two attached hydrogens (primary N) is 1. The Morgan fingerprint density at radius 3 is 2.33 bits per heavy atom. The Bertz CT molecular complexity index is 406. The van der Waals surface area contributed by atoms with Crippen molar-refractivity contribution in [3.05, 3.63) is 16.7 Å². The van der Waals surface area contributed by atoms with Gasteiger partial charge in [-0.1, -0.05) is 11.6 Å². The molecule has 0 spiro atoms. The summed E-state index contributed by atoms with van der Waals surface area (Å²) in [7, 11) is 2.75. The van der Waals surface area contributed by atoms with Crippen LogP contribution in [0.2, 0.25) is 5.02 Å². The van der Waals surface area contributed by atoms with E-state index in [9.17, 15) is 4.79 Å². The molecule has 1 aromatic rings. The fraction of sp³-hybridized carbons (Fsp3) is 0.222. The average Bonchev–Trinajstić information content (AvgIpc) is 2.19. The van der Waals surface area contributed by atoms with E-state index in [0.717, 1.165) is 0 Å². The van der Waals surface area contributed by atoms with Crippen LogP contribution in [-0.4, -0.2) is 25.3 Å². The second-order valence-corrected chi connectivity index (χ2v) is 3.10. The number of rotatable bonds is 3. The molecule has 0 aliphatic carbocycles. The van der Waals surface area contributed by atoms with Gasteiger partial charge in [-0.05, 0) is 6.07 Å². The van der Waals surface area contributed by atoms with Gasteiger partial charge in [0.1, 0.15) is 0 Å². The van der Waals surface area contributed by atoms with Crippen molar-refractivity contribution in [3.63, 3.8) is 0 Å². The van der Waals surface area contributed by atoms with Crippen LogP contribution < -0.4 is 15.2 Å². The van der Waals surface area contributed by atoms with Gasteiger partial charge in [-0.3, -0.25) is 0 Å². The molecule has 1 aromatic carbocycles. The SMILES string of the molecule is COc1c(Cl)cc(C(=O)O)c(N)c1OC. The number of halogens is 1. The normalized spacial score (nSPS) is 9.80. The number of ether oxygens (including phenoxy) is 2. The number of hydrogen-bond acceptors (Lipinski definition) is 4. The Balaban J connectivity index is 3.51. The van der Waals surface area contributed by atoms with Crippen LogP contribution >= 0.6 is 11.6 Å². The molecule has 0 atom stereocenters. The van der Waals surface area contributed by atoms with E-state index >= 15 is 0 Å². The van der Waals surface area contributed by atoms with Gasteiger partial charge in [0.05, 0.1) is 30.5 Å². The number of carbonyl (C=O) groups is 1. The molecule has 15 heavy (non-hydrogen) atoms. The van der Waals surface area contributed by atoms with E-state index in [1.165, 1.54) is 20.3 Å². The number of carboxylic acids is 1. The summed E-state index contributed by atoms with van der Waals surface area (Å²) < 4.78 is 9.89. The van der Waals surface area contributed by atoms with Gasteiger partial charge in [-0.15, -0.1) is 0 Å².